The van der Waals surface area contributed by atoms with Crippen molar-refractivity contribution in [2.75, 3.05) is 6.79 Å². The summed E-state index contributed by atoms with van der Waals surface area (Å²) in [5.41, 5.74) is 9.18. The molecule has 0 saturated heterocycles. The van der Waals surface area contributed by atoms with Gasteiger partial charge < -0.3 is 15.2 Å². The van der Waals surface area contributed by atoms with Crippen LogP contribution in [0.3, 0.4) is 0 Å². The number of para-hydroxylation sites is 1. The molecule has 0 amide bonds. The van der Waals surface area contributed by atoms with Crippen LogP contribution in [-0.4, -0.2) is 18.8 Å². The molecule has 0 saturated carbocycles. The van der Waals surface area contributed by atoms with E-state index in [1.54, 1.807) is 0 Å². The van der Waals surface area contributed by atoms with Gasteiger partial charge in [-0.2, -0.15) is 0 Å². The van der Waals surface area contributed by atoms with Crippen molar-refractivity contribution in [2.24, 2.45) is 5.73 Å². The molecule has 2 N–H and O–H groups in total. The number of rotatable bonds is 8. The van der Waals surface area contributed by atoms with Gasteiger partial charge in [0.05, 0.1) is 0 Å². The maximum atomic E-state index is 12.1. The molecule has 0 aromatic heterocycles. The zero-order chi connectivity index (χ0) is 19.1. The average Bonchev–Trinajstić information content (AvgIpc) is 2.62. The fraction of sp³-hybridized carbons (Fsp3) is 0.409. The molecule has 2 rings (SSSR count). The number of carbonyl (C=O) groups excluding carboxylic acids is 1. The van der Waals surface area contributed by atoms with E-state index in [9.17, 15) is 4.79 Å². The Morgan fingerprint density at radius 3 is 2.04 bits per heavy atom. The largest absolute Gasteiger partial charge is 0.457 e. The number of nitrogens with two attached hydrogens (primary N) is 1. The van der Waals surface area contributed by atoms with Gasteiger partial charge in [0.25, 0.3) is 0 Å². The summed E-state index contributed by atoms with van der Waals surface area (Å²) < 4.78 is 11.1. The van der Waals surface area contributed by atoms with Gasteiger partial charge in [-0.1, -0.05) is 76.2 Å². The molecular formula is C22H29NO3. The van der Waals surface area contributed by atoms with Crippen molar-refractivity contribution in [3.8, 4) is 5.75 Å². The lowest BCUT2D eigenvalue weighted by molar-refractivity contribution is -0.151. The first-order valence-electron chi connectivity index (χ1n) is 9.11. The zero-order valence-corrected chi connectivity index (χ0v) is 16.1. The number of esters is 1. The molecule has 4 heteroatoms. The third kappa shape index (κ3) is 5.33. The summed E-state index contributed by atoms with van der Waals surface area (Å²) in [4.78, 5) is 12.1. The van der Waals surface area contributed by atoms with Crippen molar-refractivity contribution in [3.63, 3.8) is 0 Å². The second-order valence-electron chi connectivity index (χ2n) is 7.10. The smallest absolute Gasteiger partial charge is 0.326 e. The summed E-state index contributed by atoms with van der Waals surface area (Å²) in [6.07, 6.45) is 0.444. The number of hydrogen-bond acceptors (Lipinski definition) is 4. The molecule has 140 valence electrons. The van der Waals surface area contributed by atoms with Crippen molar-refractivity contribution in [3.05, 3.63) is 65.2 Å². The van der Waals surface area contributed by atoms with Crippen molar-refractivity contribution in [1.82, 2.24) is 0 Å². The lowest BCUT2D eigenvalue weighted by Gasteiger charge is -2.20. The first kappa shape index (κ1) is 20.0. The highest BCUT2D eigenvalue weighted by Gasteiger charge is 2.18. The minimum absolute atomic E-state index is 0.134. The molecule has 0 radical (unpaired) electrons. The number of ether oxygens (including phenoxy) is 2. The van der Waals surface area contributed by atoms with Gasteiger partial charge in [-0.25, -0.2) is 0 Å². The molecule has 1 atom stereocenters. The van der Waals surface area contributed by atoms with Crippen LogP contribution in [0.15, 0.2) is 48.5 Å². The topological polar surface area (TPSA) is 61.5 Å². The first-order valence-corrected chi connectivity index (χ1v) is 9.11. The van der Waals surface area contributed by atoms with Gasteiger partial charge in [-0.05, 0) is 34.9 Å². The van der Waals surface area contributed by atoms with E-state index in [1.807, 2.05) is 36.4 Å². The molecule has 0 aliphatic rings. The summed E-state index contributed by atoms with van der Waals surface area (Å²) >= 11 is 0. The summed E-state index contributed by atoms with van der Waals surface area (Å²) in [6, 6.07) is 15.1. The van der Waals surface area contributed by atoms with Crippen molar-refractivity contribution < 1.29 is 14.3 Å². The van der Waals surface area contributed by atoms with Crippen LogP contribution in [0.25, 0.3) is 0 Å². The summed E-state index contributed by atoms with van der Waals surface area (Å²) in [5, 5.41) is 0. The molecule has 2 aromatic carbocycles. The van der Waals surface area contributed by atoms with Gasteiger partial charge in [0, 0.05) is 0 Å². The zero-order valence-electron chi connectivity index (χ0n) is 16.1. The van der Waals surface area contributed by atoms with Crippen LogP contribution in [-0.2, 0) is 16.0 Å². The second-order valence-corrected chi connectivity index (χ2v) is 7.10. The normalized spacial score (nSPS) is 12.3. The first-order chi connectivity index (χ1) is 12.4. The standard InChI is InChI=1S/C22H29NO3/c1-15(2)18-11-8-12-19(16(3)4)21(18)25-14-26-22(24)20(23)13-17-9-6-5-7-10-17/h5-12,15-16,20H,13-14,23H2,1-4H3/t20-/m0/s1. The second kappa shape index (κ2) is 9.39. The molecule has 4 nitrogen and oxygen atoms in total. The summed E-state index contributed by atoms with van der Waals surface area (Å²) in [7, 11) is 0. The Bertz CT molecular complexity index is 684. The monoisotopic (exact) mass is 355 g/mol. The molecule has 0 spiro atoms. The van der Waals surface area contributed by atoms with Crippen LogP contribution in [0.1, 0.15) is 56.2 Å². The molecule has 2 aromatic rings. The van der Waals surface area contributed by atoms with Gasteiger partial charge in [0.2, 0.25) is 6.79 Å². The quantitative estimate of drug-likeness (QED) is 0.564. The van der Waals surface area contributed by atoms with E-state index in [4.69, 9.17) is 15.2 Å². The Morgan fingerprint density at radius 2 is 1.50 bits per heavy atom. The van der Waals surface area contributed by atoms with E-state index in [2.05, 4.69) is 39.8 Å². The molecule has 0 unspecified atom stereocenters. The minimum atomic E-state index is -0.703. The molecule has 26 heavy (non-hydrogen) atoms. The minimum Gasteiger partial charge on any atom is -0.457 e. The van der Waals surface area contributed by atoms with Crippen LogP contribution in [0.5, 0.6) is 5.75 Å². The Morgan fingerprint density at radius 1 is 0.923 bits per heavy atom. The molecule has 0 bridgehead atoms. The molecule has 0 aliphatic carbocycles. The highest BCUT2D eigenvalue weighted by molar-refractivity contribution is 5.75. The lowest BCUT2D eigenvalue weighted by Crippen LogP contribution is -2.35. The van der Waals surface area contributed by atoms with Crippen LogP contribution in [0.4, 0.5) is 0 Å². The van der Waals surface area contributed by atoms with Gasteiger partial charge >= 0.3 is 5.97 Å². The maximum absolute atomic E-state index is 12.1. The van der Waals surface area contributed by atoms with E-state index in [0.717, 1.165) is 22.4 Å². The highest BCUT2D eigenvalue weighted by Crippen LogP contribution is 2.34. The highest BCUT2D eigenvalue weighted by atomic mass is 16.7. The predicted molar refractivity (Wildman–Crippen MR) is 104 cm³/mol. The Balaban J connectivity index is 1.97. The Hall–Kier alpha value is -2.33. The van der Waals surface area contributed by atoms with E-state index in [-0.39, 0.29) is 6.79 Å². The van der Waals surface area contributed by atoms with E-state index in [1.165, 1.54) is 0 Å². The lowest BCUT2D eigenvalue weighted by atomic mass is 9.94. The number of hydrogen-bond donors (Lipinski definition) is 1. The SMILES string of the molecule is CC(C)c1cccc(C(C)C)c1OCOC(=O)[C@@H](N)Cc1ccccc1. The van der Waals surface area contributed by atoms with Crippen molar-refractivity contribution >= 4 is 5.97 Å². The van der Waals surface area contributed by atoms with E-state index in [0.29, 0.717) is 18.3 Å². The molecule has 0 aliphatic heterocycles. The van der Waals surface area contributed by atoms with E-state index >= 15 is 0 Å². The van der Waals surface area contributed by atoms with Gasteiger partial charge in [0.1, 0.15) is 11.8 Å². The maximum Gasteiger partial charge on any atom is 0.326 e. The fourth-order valence-electron chi connectivity index (χ4n) is 2.85. The van der Waals surface area contributed by atoms with Gasteiger partial charge in [0.15, 0.2) is 0 Å². The number of carbonyl (C=O) groups is 1. The molecular weight excluding hydrogens is 326 g/mol. The van der Waals surface area contributed by atoms with Crippen molar-refractivity contribution in [1.29, 1.82) is 0 Å². The Labute approximate surface area is 156 Å². The predicted octanol–water partition coefficient (Wildman–Crippen LogP) is 4.38. The van der Waals surface area contributed by atoms with Crippen LogP contribution < -0.4 is 10.5 Å². The fourth-order valence-corrected chi connectivity index (χ4v) is 2.85. The van der Waals surface area contributed by atoms with Crippen LogP contribution >= 0.6 is 0 Å². The third-order valence-electron chi connectivity index (χ3n) is 4.33. The number of benzene rings is 2. The van der Waals surface area contributed by atoms with Crippen LogP contribution in [0, 0.1) is 0 Å². The third-order valence-corrected chi connectivity index (χ3v) is 4.33. The summed E-state index contributed by atoms with van der Waals surface area (Å²) in [6.45, 7) is 8.34. The van der Waals surface area contributed by atoms with Crippen molar-refractivity contribution in [2.45, 2.75) is 52.0 Å². The van der Waals surface area contributed by atoms with E-state index < -0.39 is 12.0 Å². The van der Waals surface area contributed by atoms with Crippen LogP contribution in [0.2, 0.25) is 0 Å². The van der Waals surface area contributed by atoms with Gasteiger partial charge in [-0.15, -0.1) is 0 Å². The molecule has 0 heterocycles. The Kier molecular flexibility index (Phi) is 7.22. The molecule has 0 fully saturated rings. The van der Waals surface area contributed by atoms with Gasteiger partial charge in [-0.3, -0.25) is 4.79 Å². The summed E-state index contributed by atoms with van der Waals surface area (Å²) in [5.74, 6) is 0.989. The average molecular weight is 355 g/mol.